The minimum atomic E-state index is -0.314. The van der Waals surface area contributed by atoms with Gasteiger partial charge >= 0.3 is 0 Å². The Hall–Kier alpha value is -3.43. The number of aryl methyl sites for hydroxylation is 1. The Bertz CT molecular complexity index is 1300. The molecule has 1 saturated heterocycles. The molecule has 0 spiro atoms. The first kappa shape index (κ1) is 21.4. The molecule has 4 aromatic rings. The highest BCUT2D eigenvalue weighted by Crippen LogP contribution is 2.36. The highest BCUT2D eigenvalue weighted by Gasteiger charge is 2.21. The van der Waals surface area contributed by atoms with Crippen molar-refractivity contribution in [3.05, 3.63) is 59.6 Å². The van der Waals surface area contributed by atoms with Crippen LogP contribution in [0, 0.1) is 0 Å². The molecule has 1 fully saturated rings. The first-order chi connectivity index (χ1) is 16.1. The zero-order chi connectivity index (χ0) is 22.8. The van der Waals surface area contributed by atoms with Crippen LogP contribution in [0.5, 0.6) is 5.75 Å². The molecule has 0 saturated carbocycles. The predicted molar refractivity (Wildman–Crippen MR) is 126 cm³/mol. The quantitative estimate of drug-likeness (QED) is 0.427. The molecule has 10 heteroatoms. The number of halogens is 1. The smallest absolute Gasteiger partial charge is 0.261 e. The molecule has 3 aromatic heterocycles. The fraction of sp³-hybridized carbons (Fsp3) is 0.304. The number of rotatable bonds is 8. The van der Waals surface area contributed by atoms with Crippen LogP contribution < -0.4 is 10.1 Å². The average Bonchev–Trinajstić information content (AvgIpc) is 3.39. The summed E-state index contributed by atoms with van der Waals surface area (Å²) in [5.41, 5.74) is 2.74. The number of nitrogens with one attached hydrogen (secondary N) is 1. The van der Waals surface area contributed by atoms with Gasteiger partial charge in [0.05, 0.1) is 19.0 Å². The third kappa shape index (κ3) is 4.42. The van der Waals surface area contributed by atoms with Crippen molar-refractivity contribution in [1.29, 1.82) is 0 Å². The van der Waals surface area contributed by atoms with Gasteiger partial charge in [-0.15, -0.1) is 0 Å². The molecule has 170 valence electrons. The Balaban J connectivity index is 1.46. The normalized spacial score (nSPS) is 13.8. The summed E-state index contributed by atoms with van der Waals surface area (Å²) in [4.78, 5) is 19.8. The van der Waals surface area contributed by atoms with E-state index in [2.05, 4.69) is 20.3 Å². The van der Waals surface area contributed by atoms with E-state index in [1.807, 2.05) is 10.9 Å². The summed E-state index contributed by atoms with van der Waals surface area (Å²) in [5.74, 6) is 0.310. The zero-order valence-electron chi connectivity index (χ0n) is 18.2. The second-order valence-electron chi connectivity index (χ2n) is 7.95. The summed E-state index contributed by atoms with van der Waals surface area (Å²) in [6.07, 6.45) is 8.98. The highest BCUT2D eigenvalue weighted by atomic mass is 35.5. The number of fused-ring (bicyclic) bond motifs is 1. The lowest BCUT2D eigenvalue weighted by atomic mass is 10.1. The van der Waals surface area contributed by atoms with Gasteiger partial charge in [0.25, 0.3) is 5.91 Å². The van der Waals surface area contributed by atoms with Crippen LogP contribution in [0.15, 0.2) is 49.1 Å². The molecule has 33 heavy (non-hydrogen) atoms. The lowest BCUT2D eigenvalue weighted by Crippen LogP contribution is -2.38. The van der Waals surface area contributed by atoms with E-state index in [4.69, 9.17) is 21.4 Å². The molecule has 0 aliphatic carbocycles. The van der Waals surface area contributed by atoms with E-state index < -0.39 is 0 Å². The molecule has 9 nitrogen and oxygen atoms in total. The molecule has 0 radical (unpaired) electrons. The van der Waals surface area contributed by atoms with Crippen molar-refractivity contribution in [2.24, 2.45) is 0 Å². The second-order valence-corrected chi connectivity index (χ2v) is 8.38. The van der Waals surface area contributed by atoms with Crippen molar-refractivity contribution in [3.63, 3.8) is 0 Å². The van der Waals surface area contributed by atoms with Crippen LogP contribution in [0.1, 0.15) is 23.2 Å². The van der Waals surface area contributed by atoms with E-state index in [0.29, 0.717) is 38.9 Å². The van der Waals surface area contributed by atoms with Crippen LogP contribution in [0.2, 0.25) is 5.02 Å². The number of benzene rings is 1. The molecule has 0 atom stereocenters. The van der Waals surface area contributed by atoms with E-state index in [1.165, 1.54) is 25.7 Å². The van der Waals surface area contributed by atoms with Gasteiger partial charge in [0.15, 0.2) is 5.65 Å². The first-order valence-corrected chi connectivity index (χ1v) is 11.2. The zero-order valence-corrected chi connectivity index (χ0v) is 19.0. The van der Waals surface area contributed by atoms with Gasteiger partial charge in [-0.2, -0.15) is 10.2 Å². The second kappa shape index (κ2) is 9.21. The molecule has 5 rings (SSSR count). The van der Waals surface area contributed by atoms with Gasteiger partial charge in [-0.25, -0.2) is 9.50 Å². The lowest BCUT2D eigenvalue weighted by molar-refractivity contribution is 0.102. The fourth-order valence-corrected chi connectivity index (χ4v) is 4.10. The van der Waals surface area contributed by atoms with Gasteiger partial charge in [0.1, 0.15) is 17.0 Å². The van der Waals surface area contributed by atoms with Gasteiger partial charge in [0.2, 0.25) is 0 Å². The SMILES string of the molecule is COc1ccc(Cl)cc1-c1nn(CCCN2CCC2)cc1NC(=O)c1cnn2cccnc12. The maximum absolute atomic E-state index is 13.1. The van der Waals surface area contributed by atoms with Crippen LogP contribution in [0.25, 0.3) is 16.9 Å². The summed E-state index contributed by atoms with van der Waals surface area (Å²) < 4.78 is 8.96. The van der Waals surface area contributed by atoms with Crippen LogP contribution >= 0.6 is 11.6 Å². The number of methoxy groups -OCH3 is 1. The highest BCUT2D eigenvalue weighted by molar-refractivity contribution is 6.31. The van der Waals surface area contributed by atoms with Crippen molar-refractivity contribution in [3.8, 4) is 17.0 Å². The third-order valence-electron chi connectivity index (χ3n) is 5.76. The monoisotopic (exact) mass is 465 g/mol. The Kier molecular flexibility index (Phi) is 5.97. The number of nitrogens with zero attached hydrogens (tertiary/aromatic N) is 6. The number of hydrogen-bond acceptors (Lipinski definition) is 6. The number of carbonyl (C=O) groups is 1. The number of ether oxygens (including phenoxy) is 1. The number of hydrogen-bond donors (Lipinski definition) is 1. The fourth-order valence-electron chi connectivity index (χ4n) is 3.93. The molecule has 1 N–H and O–H groups in total. The van der Waals surface area contributed by atoms with Crippen molar-refractivity contribution in [2.45, 2.75) is 19.4 Å². The minimum absolute atomic E-state index is 0.314. The average molecular weight is 466 g/mol. The van der Waals surface area contributed by atoms with Gasteiger partial charge in [-0.1, -0.05) is 11.6 Å². The molecule has 1 aliphatic heterocycles. The number of carbonyl (C=O) groups excluding carboxylic acids is 1. The summed E-state index contributed by atoms with van der Waals surface area (Å²) in [5, 5.41) is 12.5. The molecule has 0 bridgehead atoms. The van der Waals surface area contributed by atoms with E-state index in [1.54, 1.807) is 48.3 Å². The maximum Gasteiger partial charge on any atom is 0.261 e. The van der Waals surface area contributed by atoms with E-state index in [0.717, 1.165) is 19.5 Å². The summed E-state index contributed by atoms with van der Waals surface area (Å²) in [7, 11) is 1.60. The number of likely N-dealkylation sites (tertiary alicyclic amines) is 1. The summed E-state index contributed by atoms with van der Waals surface area (Å²) in [6.45, 7) is 4.10. The van der Waals surface area contributed by atoms with E-state index in [9.17, 15) is 4.79 Å². The summed E-state index contributed by atoms with van der Waals surface area (Å²) >= 11 is 6.27. The molecular weight excluding hydrogens is 442 g/mol. The molecule has 4 heterocycles. The number of anilines is 1. The van der Waals surface area contributed by atoms with E-state index >= 15 is 0 Å². The van der Waals surface area contributed by atoms with Gasteiger partial charge < -0.3 is 15.0 Å². The summed E-state index contributed by atoms with van der Waals surface area (Å²) in [6, 6.07) is 7.10. The third-order valence-corrected chi connectivity index (χ3v) is 6.00. The minimum Gasteiger partial charge on any atom is -0.496 e. The van der Waals surface area contributed by atoms with Crippen molar-refractivity contribution in [1.82, 2.24) is 29.3 Å². The Morgan fingerprint density at radius 1 is 1.27 bits per heavy atom. The van der Waals surface area contributed by atoms with Crippen LogP contribution in [0.4, 0.5) is 5.69 Å². The molecule has 1 aliphatic rings. The van der Waals surface area contributed by atoms with Crippen molar-refractivity contribution >= 4 is 28.8 Å². The lowest BCUT2D eigenvalue weighted by Gasteiger charge is -2.30. The molecule has 1 aromatic carbocycles. The van der Waals surface area contributed by atoms with Gasteiger partial charge in [-0.05, 0) is 56.7 Å². The number of amides is 1. The molecule has 1 amide bonds. The first-order valence-electron chi connectivity index (χ1n) is 10.9. The van der Waals surface area contributed by atoms with Crippen LogP contribution in [-0.2, 0) is 6.54 Å². The largest absolute Gasteiger partial charge is 0.496 e. The van der Waals surface area contributed by atoms with Crippen LogP contribution in [0.3, 0.4) is 0 Å². The molecule has 0 unspecified atom stereocenters. The van der Waals surface area contributed by atoms with E-state index in [-0.39, 0.29) is 5.91 Å². The standard InChI is InChI=1S/C23H24ClN7O2/c1-33-20-6-5-16(24)13-17(20)21-19(15-30(28-21)11-4-10-29-8-3-9-29)27-23(32)18-14-26-31-12-2-7-25-22(18)31/h2,5-7,12-15H,3-4,8-11H2,1H3,(H,27,32). The predicted octanol–water partition coefficient (Wildman–Crippen LogP) is 3.60. The number of aromatic nitrogens is 5. The van der Waals surface area contributed by atoms with Gasteiger partial charge in [-0.3, -0.25) is 9.48 Å². The van der Waals surface area contributed by atoms with Crippen LogP contribution in [-0.4, -0.2) is 61.9 Å². The maximum atomic E-state index is 13.1. The van der Waals surface area contributed by atoms with Crippen molar-refractivity contribution in [2.75, 3.05) is 32.1 Å². The Morgan fingerprint density at radius 3 is 2.94 bits per heavy atom. The molecular formula is C23H24ClN7O2. The van der Waals surface area contributed by atoms with Crippen molar-refractivity contribution < 1.29 is 9.53 Å². The Morgan fingerprint density at radius 2 is 2.15 bits per heavy atom. The topological polar surface area (TPSA) is 89.6 Å². The Labute approximate surface area is 195 Å². The van der Waals surface area contributed by atoms with Gasteiger partial charge in [0, 0.05) is 35.7 Å².